The molecule has 1 rings (SSSR count). The van der Waals surface area contributed by atoms with Crippen LogP contribution in [-0.2, 0) is 0 Å². The van der Waals surface area contributed by atoms with Crippen LogP contribution in [0.15, 0.2) is 4.79 Å². The number of rotatable bonds is 7. The third kappa shape index (κ3) is 4.39. The van der Waals surface area contributed by atoms with Crippen LogP contribution >= 0.6 is 0 Å². The molecule has 0 amide bonds. The summed E-state index contributed by atoms with van der Waals surface area (Å²) < 4.78 is 0. The maximum Gasteiger partial charge on any atom is 0.273 e. The zero-order valence-electron chi connectivity index (χ0n) is 9.62. The number of H-pyrrole nitrogens is 1. The topological polar surface area (TPSA) is 96.7 Å². The number of aryl methyl sites for hydroxylation is 1. The van der Waals surface area contributed by atoms with Gasteiger partial charge in [-0.05, 0) is 26.3 Å². The monoisotopic (exact) mass is 225 g/mol. The van der Waals surface area contributed by atoms with E-state index in [4.69, 9.17) is 5.73 Å². The molecule has 1 aromatic heterocycles. The molecular formula is C10H19N5O. The van der Waals surface area contributed by atoms with Gasteiger partial charge in [-0.15, -0.1) is 10.2 Å². The minimum absolute atomic E-state index is 0.194. The number of anilines is 1. The molecule has 0 aromatic carbocycles. The van der Waals surface area contributed by atoms with E-state index in [2.05, 4.69) is 20.5 Å². The second kappa shape index (κ2) is 6.95. The molecular weight excluding hydrogens is 206 g/mol. The molecule has 0 radical (unpaired) electrons. The van der Waals surface area contributed by atoms with E-state index in [0.29, 0.717) is 11.6 Å². The molecule has 0 spiro atoms. The highest BCUT2D eigenvalue weighted by Crippen LogP contribution is 1.99. The summed E-state index contributed by atoms with van der Waals surface area (Å²) in [5, 5.41) is 10.6. The van der Waals surface area contributed by atoms with Crippen molar-refractivity contribution in [3.05, 3.63) is 16.0 Å². The number of hydrogen-bond donors (Lipinski definition) is 3. The lowest BCUT2D eigenvalue weighted by Gasteiger charge is -2.04. The van der Waals surface area contributed by atoms with Gasteiger partial charge in [0.1, 0.15) is 5.69 Å². The Bertz CT molecular complexity index is 362. The maximum atomic E-state index is 11.2. The number of aromatic nitrogens is 3. The van der Waals surface area contributed by atoms with E-state index in [1.807, 2.05) is 0 Å². The van der Waals surface area contributed by atoms with E-state index in [1.165, 1.54) is 0 Å². The molecule has 0 saturated heterocycles. The van der Waals surface area contributed by atoms with Crippen molar-refractivity contribution < 1.29 is 0 Å². The van der Waals surface area contributed by atoms with Gasteiger partial charge >= 0.3 is 0 Å². The van der Waals surface area contributed by atoms with Gasteiger partial charge < -0.3 is 11.1 Å². The Kier molecular flexibility index (Phi) is 5.49. The van der Waals surface area contributed by atoms with Gasteiger partial charge in [0, 0.05) is 6.54 Å². The Balaban J connectivity index is 2.22. The second-order valence-corrected chi connectivity index (χ2v) is 3.72. The van der Waals surface area contributed by atoms with Crippen LogP contribution in [-0.4, -0.2) is 28.3 Å². The van der Waals surface area contributed by atoms with Crippen molar-refractivity contribution in [3.8, 4) is 0 Å². The molecule has 0 aliphatic rings. The first-order valence-electron chi connectivity index (χ1n) is 5.61. The molecule has 0 atom stereocenters. The first kappa shape index (κ1) is 12.6. The van der Waals surface area contributed by atoms with Crippen LogP contribution < -0.4 is 16.6 Å². The van der Waals surface area contributed by atoms with Gasteiger partial charge in [-0.25, -0.2) is 0 Å². The Morgan fingerprint density at radius 3 is 2.69 bits per heavy atom. The highest BCUT2D eigenvalue weighted by Gasteiger charge is 1.98. The van der Waals surface area contributed by atoms with Crippen LogP contribution in [0.5, 0.6) is 0 Å². The van der Waals surface area contributed by atoms with Crippen LogP contribution in [0.25, 0.3) is 0 Å². The Morgan fingerprint density at radius 1 is 1.25 bits per heavy atom. The molecule has 0 bridgehead atoms. The number of hydrogen-bond acceptors (Lipinski definition) is 5. The second-order valence-electron chi connectivity index (χ2n) is 3.72. The normalized spacial score (nSPS) is 10.4. The van der Waals surface area contributed by atoms with Gasteiger partial charge in [-0.1, -0.05) is 12.8 Å². The Hall–Kier alpha value is -1.43. The van der Waals surface area contributed by atoms with Crippen molar-refractivity contribution in [2.45, 2.75) is 32.6 Å². The first-order chi connectivity index (χ1) is 7.74. The van der Waals surface area contributed by atoms with Gasteiger partial charge in [0.05, 0.1) is 0 Å². The zero-order chi connectivity index (χ0) is 11.8. The fourth-order valence-electron chi connectivity index (χ4n) is 1.30. The molecule has 1 aromatic rings. The van der Waals surface area contributed by atoms with Crippen LogP contribution in [0, 0.1) is 6.92 Å². The molecule has 6 heteroatoms. The quantitative estimate of drug-likeness (QED) is 0.584. The molecule has 0 aliphatic heterocycles. The van der Waals surface area contributed by atoms with Crippen molar-refractivity contribution in [3.63, 3.8) is 0 Å². The average Bonchev–Trinajstić information content (AvgIpc) is 2.28. The molecule has 90 valence electrons. The summed E-state index contributed by atoms with van der Waals surface area (Å²) in [6.07, 6.45) is 4.39. The van der Waals surface area contributed by atoms with Crippen molar-refractivity contribution >= 4 is 5.95 Å². The highest BCUT2D eigenvalue weighted by molar-refractivity contribution is 5.20. The minimum Gasteiger partial charge on any atom is -0.354 e. The van der Waals surface area contributed by atoms with E-state index in [1.54, 1.807) is 6.92 Å². The summed E-state index contributed by atoms with van der Waals surface area (Å²) in [5.41, 5.74) is 5.58. The summed E-state index contributed by atoms with van der Waals surface area (Å²) in [6.45, 7) is 3.17. The summed E-state index contributed by atoms with van der Waals surface area (Å²) in [5.74, 6) is 0.439. The van der Waals surface area contributed by atoms with Crippen LogP contribution in [0.2, 0.25) is 0 Å². The molecule has 0 unspecified atom stereocenters. The predicted octanol–water partition coefficient (Wildman–Crippen LogP) is 0.404. The highest BCUT2D eigenvalue weighted by atomic mass is 16.1. The lowest BCUT2D eigenvalue weighted by molar-refractivity contribution is 0.659. The lowest BCUT2D eigenvalue weighted by Crippen LogP contribution is -2.17. The Labute approximate surface area is 94.7 Å². The Morgan fingerprint density at radius 2 is 2.00 bits per heavy atom. The third-order valence-electron chi connectivity index (χ3n) is 2.28. The summed E-state index contributed by atoms with van der Waals surface area (Å²) in [6, 6.07) is 0. The predicted molar refractivity (Wildman–Crippen MR) is 63.4 cm³/mol. The van der Waals surface area contributed by atoms with E-state index in [-0.39, 0.29) is 5.56 Å². The van der Waals surface area contributed by atoms with Gasteiger partial charge in [-0.3, -0.25) is 9.78 Å². The first-order valence-corrected chi connectivity index (χ1v) is 5.61. The van der Waals surface area contributed by atoms with Crippen molar-refractivity contribution in [2.24, 2.45) is 5.73 Å². The number of nitrogens with zero attached hydrogens (tertiary/aromatic N) is 2. The van der Waals surface area contributed by atoms with E-state index >= 15 is 0 Å². The van der Waals surface area contributed by atoms with Crippen molar-refractivity contribution in [1.82, 2.24) is 15.2 Å². The van der Waals surface area contributed by atoms with Gasteiger partial charge in [0.15, 0.2) is 0 Å². The molecule has 1 heterocycles. The smallest absolute Gasteiger partial charge is 0.273 e. The van der Waals surface area contributed by atoms with E-state index in [9.17, 15) is 4.79 Å². The lowest BCUT2D eigenvalue weighted by atomic mass is 10.2. The fraction of sp³-hybridized carbons (Fsp3) is 0.700. The number of unbranched alkanes of at least 4 members (excludes halogenated alkanes) is 3. The van der Waals surface area contributed by atoms with Crippen LogP contribution in [0.1, 0.15) is 31.4 Å². The molecule has 4 N–H and O–H groups in total. The van der Waals surface area contributed by atoms with E-state index in [0.717, 1.165) is 38.8 Å². The SMILES string of the molecule is Cc1nnc(NCCCCCCN)[nH]c1=O. The van der Waals surface area contributed by atoms with Gasteiger partial charge in [0.2, 0.25) is 5.95 Å². The van der Waals surface area contributed by atoms with Gasteiger partial charge in [-0.2, -0.15) is 0 Å². The third-order valence-corrected chi connectivity index (χ3v) is 2.28. The number of nitrogens with one attached hydrogen (secondary N) is 2. The summed E-state index contributed by atoms with van der Waals surface area (Å²) in [4.78, 5) is 13.8. The standard InChI is InChI=1S/C10H19N5O/c1-8-9(16)13-10(15-14-8)12-7-5-3-2-4-6-11/h2-7,11H2,1H3,(H2,12,13,15,16). The minimum atomic E-state index is -0.194. The summed E-state index contributed by atoms with van der Waals surface area (Å²) in [7, 11) is 0. The summed E-state index contributed by atoms with van der Waals surface area (Å²) >= 11 is 0. The average molecular weight is 225 g/mol. The fourth-order valence-corrected chi connectivity index (χ4v) is 1.30. The van der Waals surface area contributed by atoms with Gasteiger partial charge in [0.25, 0.3) is 5.56 Å². The maximum absolute atomic E-state index is 11.2. The van der Waals surface area contributed by atoms with Crippen molar-refractivity contribution in [1.29, 1.82) is 0 Å². The molecule has 0 saturated carbocycles. The van der Waals surface area contributed by atoms with Crippen LogP contribution in [0.3, 0.4) is 0 Å². The van der Waals surface area contributed by atoms with E-state index < -0.39 is 0 Å². The largest absolute Gasteiger partial charge is 0.354 e. The zero-order valence-corrected chi connectivity index (χ0v) is 9.62. The van der Waals surface area contributed by atoms with Crippen LogP contribution in [0.4, 0.5) is 5.95 Å². The molecule has 6 nitrogen and oxygen atoms in total. The van der Waals surface area contributed by atoms with Crippen molar-refractivity contribution in [2.75, 3.05) is 18.4 Å². The number of nitrogens with two attached hydrogens (primary N) is 1. The number of aromatic amines is 1. The molecule has 16 heavy (non-hydrogen) atoms. The molecule has 0 aliphatic carbocycles. The molecule has 0 fully saturated rings.